The average molecular weight is 259 g/mol. The highest BCUT2D eigenvalue weighted by Gasteiger charge is 2.07. The van der Waals surface area contributed by atoms with E-state index < -0.39 is 0 Å². The molecular weight excluding hydrogens is 242 g/mol. The average Bonchev–Trinajstić information content (AvgIpc) is 2.47. The van der Waals surface area contributed by atoms with Crippen LogP contribution in [0.25, 0.3) is 11.4 Å². The van der Waals surface area contributed by atoms with Crippen LogP contribution in [0.15, 0.2) is 30.5 Å². The molecule has 19 heavy (non-hydrogen) atoms. The summed E-state index contributed by atoms with van der Waals surface area (Å²) >= 11 is 0. The van der Waals surface area contributed by atoms with Gasteiger partial charge in [-0.1, -0.05) is 0 Å². The van der Waals surface area contributed by atoms with Gasteiger partial charge in [-0.05, 0) is 25.1 Å². The van der Waals surface area contributed by atoms with E-state index >= 15 is 0 Å². The Morgan fingerprint density at radius 2 is 1.79 bits per heavy atom. The fourth-order valence-electron chi connectivity index (χ4n) is 1.71. The maximum Gasteiger partial charge on any atom is 0.161 e. The van der Waals surface area contributed by atoms with Gasteiger partial charge in [0.1, 0.15) is 17.3 Å². The Kier molecular flexibility index (Phi) is 4.18. The van der Waals surface area contributed by atoms with Crippen LogP contribution < -0.4 is 14.8 Å². The third kappa shape index (κ3) is 3.13. The van der Waals surface area contributed by atoms with Crippen LogP contribution in [-0.4, -0.2) is 30.7 Å². The van der Waals surface area contributed by atoms with Crippen molar-refractivity contribution in [2.24, 2.45) is 0 Å². The molecule has 0 fully saturated rings. The largest absolute Gasteiger partial charge is 0.497 e. The van der Waals surface area contributed by atoms with Crippen molar-refractivity contribution in [2.75, 3.05) is 26.1 Å². The summed E-state index contributed by atoms with van der Waals surface area (Å²) in [5.41, 5.74) is 0.857. The van der Waals surface area contributed by atoms with Crippen LogP contribution >= 0.6 is 0 Å². The van der Waals surface area contributed by atoms with Crippen LogP contribution in [0.4, 0.5) is 5.82 Å². The molecule has 0 unspecified atom stereocenters. The Bertz CT molecular complexity index is 536. The molecule has 5 nitrogen and oxygen atoms in total. The topological polar surface area (TPSA) is 56.3 Å². The Morgan fingerprint density at radius 3 is 2.37 bits per heavy atom. The van der Waals surface area contributed by atoms with Gasteiger partial charge < -0.3 is 14.8 Å². The zero-order valence-corrected chi connectivity index (χ0v) is 11.3. The first kappa shape index (κ1) is 13.1. The van der Waals surface area contributed by atoms with Crippen molar-refractivity contribution in [3.63, 3.8) is 0 Å². The van der Waals surface area contributed by atoms with Crippen LogP contribution in [0.1, 0.15) is 6.92 Å². The van der Waals surface area contributed by atoms with Crippen molar-refractivity contribution in [1.29, 1.82) is 0 Å². The summed E-state index contributed by atoms with van der Waals surface area (Å²) in [7, 11) is 3.24. The molecule has 0 aliphatic rings. The maximum absolute atomic E-state index is 5.25. The lowest BCUT2D eigenvalue weighted by atomic mass is 10.2. The van der Waals surface area contributed by atoms with Gasteiger partial charge in [0.25, 0.3) is 0 Å². The molecule has 5 heteroatoms. The molecule has 2 rings (SSSR count). The molecule has 0 saturated carbocycles. The molecule has 1 aromatic carbocycles. The van der Waals surface area contributed by atoms with Gasteiger partial charge in [-0.2, -0.15) is 0 Å². The molecule has 1 N–H and O–H groups in total. The standard InChI is InChI=1S/C14H17N3O2/c1-4-15-13-5-6-16-14(17-13)10-7-11(18-2)9-12(8-10)19-3/h5-9H,4H2,1-3H3,(H,15,16,17). The van der Waals surface area contributed by atoms with Gasteiger partial charge in [0.15, 0.2) is 5.82 Å². The van der Waals surface area contributed by atoms with E-state index in [0.717, 1.165) is 17.9 Å². The number of hydrogen-bond donors (Lipinski definition) is 1. The van der Waals surface area contributed by atoms with Crippen LogP contribution in [0, 0.1) is 0 Å². The molecule has 0 aliphatic carbocycles. The van der Waals surface area contributed by atoms with E-state index in [1.54, 1.807) is 20.4 Å². The highest BCUT2D eigenvalue weighted by molar-refractivity contribution is 5.62. The van der Waals surface area contributed by atoms with E-state index in [1.165, 1.54) is 0 Å². The zero-order valence-electron chi connectivity index (χ0n) is 11.3. The molecule has 1 aromatic heterocycles. The van der Waals surface area contributed by atoms with Crippen molar-refractivity contribution in [2.45, 2.75) is 6.92 Å². The lowest BCUT2D eigenvalue weighted by Gasteiger charge is -2.08. The molecule has 100 valence electrons. The third-order valence-electron chi connectivity index (χ3n) is 2.62. The molecule has 0 spiro atoms. The van der Waals surface area contributed by atoms with Crippen molar-refractivity contribution >= 4 is 5.82 Å². The molecular formula is C14H17N3O2. The smallest absolute Gasteiger partial charge is 0.161 e. The summed E-state index contributed by atoms with van der Waals surface area (Å²) in [5, 5.41) is 3.16. The first-order chi connectivity index (χ1) is 9.26. The highest BCUT2D eigenvalue weighted by Crippen LogP contribution is 2.28. The lowest BCUT2D eigenvalue weighted by molar-refractivity contribution is 0.394. The van der Waals surface area contributed by atoms with Gasteiger partial charge in [0, 0.05) is 24.4 Å². The second-order valence-corrected chi connectivity index (χ2v) is 3.90. The molecule has 0 saturated heterocycles. The fraction of sp³-hybridized carbons (Fsp3) is 0.286. The van der Waals surface area contributed by atoms with Gasteiger partial charge in [0.2, 0.25) is 0 Å². The Labute approximate surface area is 112 Å². The SMILES string of the molecule is CCNc1ccnc(-c2cc(OC)cc(OC)c2)n1. The number of methoxy groups -OCH3 is 2. The van der Waals surface area contributed by atoms with Crippen molar-refractivity contribution < 1.29 is 9.47 Å². The van der Waals surface area contributed by atoms with Crippen LogP contribution in [0.5, 0.6) is 11.5 Å². The van der Waals surface area contributed by atoms with Gasteiger partial charge >= 0.3 is 0 Å². The van der Waals surface area contributed by atoms with Gasteiger partial charge in [0.05, 0.1) is 14.2 Å². The van der Waals surface area contributed by atoms with Crippen molar-refractivity contribution in [3.8, 4) is 22.9 Å². The van der Waals surface area contributed by atoms with Gasteiger partial charge in [-0.3, -0.25) is 0 Å². The molecule has 0 atom stereocenters. The molecule has 1 heterocycles. The summed E-state index contributed by atoms with van der Waals surface area (Å²) < 4.78 is 10.5. The number of benzene rings is 1. The zero-order chi connectivity index (χ0) is 13.7. The second kappa shape index (κ2) is 6.04. The Balaban J connectivity index is 2.42. The fourth-order valence-corrected chi connectivity index (χ4v) is 1.71. The van der Waals surface area contributed by atoms with Crippen molar-refractivity contribution in [1.82, 2.24) is 9.97 Å². The minimum atomic E-state index is 0.635. The highest BCUT2D eigenvalue weighted by atomic mass is 16.5. The van der Waals surface area contributed by atoms with E-state index in [0.29, 0.717) is 17.3 Å². The van der Waals surface area contributed by atoms with E-state index in [9.17, 15) is 0 Å². The quantitative estimate of drug-likeness (QED) is 0.894. The Morgan fingerprint density at radius 1 is 1.11 bits per heavy atom. The minimum Gasteiger partial charge on any atom is -0.497 e. The molecule has 0 aliphatic heterocycles. The number of nitrogens with one attached hydrogen (secondary N) is 1. The maximum atomic E-state index is 5.25. The number of aromatic nitrogens is 2. The number of rotatable bonds is 5. The van der Waals surface area contributed by atoms with Crippen molar-refractivity contribution in [3.05, 3.63) is 30.5 Å². The molecule has 0 radical (unpaired) electrons. The van der Waals surface area contributed by atoms with Crippen LogP contribution in [-0.2, 0) is 0 Å². The monoisotopic (exact) mass is 259 g/mol. The van der Waals surface area contributed by atoms with Crippen LogP contribution in [0.3, 0.4) is 0 Å². The lowest BCUT2D eigenvalue weighted by Crippen LogP contribution is -2.01. The molecule has 0 bridgehead atoms. The molecule has 2 aromatic rings. The molecule has 0 amide bonds. The summed E-state index contributed by atoms with van der Waals surface area (Å²) in [5.74, 6) is 2.86. The summed E-state index contributed by atoms with van der Waals surface area (Å²) in [4.78, 5) is 8.73. The predicted molar refractivity (Wildman–Crippen MR) is 74.7 cm³/mol. The second-order valence-electron chi connectivity index (χ2n) is 3.90. The number of ether oxygens (including phenoxy) is 2. The van der Waals surface area contributed by atoms with E-state index in [-0.39, 0.29) is 0 Å². The number of nitrogens with zero attached hydrogens (tertiary/aromatic N) is 2. The van der Waals surface area contributed by atoms with Gasteiger partial charge in [-0.15, -0.1) is 0 Å². The Hall–Kier alpha value is -2.30. The van der Waals surface area contributed by atoms with Gasteiger partial charge in [-0.25, -0.2) is 9.97 Å². The first-order valence-electron chi connectivity index (χ1n) is 6.07. The summed E-state index contributed by atoms with van der Waals surface area (Å²) in [6, 6.07) is 7.42. The first-order valence-corrected chi connectivity index (χ1v) is 6.07. The van der Waals surface area contributed by atoms with Crippen LogP contribution in [0.2, 0.25) is 0 Å². The minimum absolute atomic E-state index is 0.635. The number of anilines is 1. The van der Waals surface area contributed by atoms with E-state index in [4.69, 9.17) is 9.47 Å². The number of hydrogen-bond acceptors (Lipinski definition) is 5. The predicted octanol–water partition coefficient (Wildman–Crippen LogP) is 2.59. The summed E-state index contributed by atoms with van der Waals surface area (Å²) in [6.45, 7) is 2.84. The summed E-state index contributed by atoms with van der Waals surface area (Å²) in [6.07, 6.45) is 1.73. The third-order valence-corrected chi connectivity index (χ3v) is 2.62. The van der Waals surface area contributed by atoms with E-state index in [1.807, 2.05) is 31.2 Å². The normalized spacial score (nSPS) is 10.1. The van der Waals surface area contributed by atoms with E-state index in [2.05, 4.69) is 15.3 Å².